The van der Waals surface area contributed by atoms with Crippen LogP contribution in [0.2, 0.25) is 0 Å². The highest BCUT2D eigenvalue weighted by atomic mass is 19.4. The van der Waals surface area contributed by atoms with Gasteiger partial charge < -0.3 is 11.1 Å². The van der Waals surface area contributed by atoms with E-state index in [2.05, 4.69) is 0 Å². The standard InChI is InChI=1S/C11H13F3N2O/c1-7(8-3-2-4-9(15)5-8)10(17)16-6-11(12,13)14/h2-5,7H,6,15H2,1H3,(H,16,17). The van der Waals surface area contributed by atoms with Crippen molar-refractivity contribution in [3.05, 3.63) is 29.8 Å². The molecule has 0 bridgehead atoms. The van der Waals surface area contributed by atoms with E-state index < -0.39 is 24.5 Å². The fraction of sp³-hybridized carbons (Fsp3) is 0.364. The van der Waals surface area contributed by atoms with E-state index in [1.54, 1.807) is 24.3 Å². The van der Waals surface area contributed by atoms with Gasteiger partial charge in [0.1, 0.15) is 6.54 Å². The van der Waals surface area contributed by atoms with Crippen LogP contribution in [0.1, 0.15) is 18.4 Å². The normalized spacial score (nSPS) is 13.2. The summed E-state index contributed by atoms with van der Waals surface area (Å²) in [4.78, 5) is 11.4. The van der Waals surface area contributed by atoms with Gasteiger partial charge in [-0.25, -0.2) is 0 Å². The van der Waals surface area contributed by atoms with Gasteiger partial charge in [0, 0.05) is 5.69 Å². The van der Waals surface area contributed by atoms with E-state index in [4.69, 9.17) is 5.73 Å². The molecular weight excluding hydrogens is 233 g/mol. The number of anilines is 1. The first-order chi connectivity index (χ1) is 7.79. The molecule has 0 aliphatic heterocycles. The summed E-state index contributed by atoms with van der Waals surface area (Å²) in [6.07, 6.45) is -4.40. The summed E-state index contributed by atoms with van der Waals surface area (Å²) in [5, 5.41) is 1.84. The minimum atomic E-state index is -4.40. The van der Waals surface area contributed by atoms with Gasteiger partial charge in [-0.3, -0.25) is 4.79 Å². The van der Waals surface area contributed by atoms with Crippen LogP contribution in [-0.4, -0.2) is 18.6 Å². The van der Waals surface area contributed by atoms with Gasteiger partial charge in [-0.05, 0) is 24.6 Å². The maximum absolute atomic E-state index is 11.9. The van der Waals surface area contributed by atoms with E-state index in [9.17, 15) is 18.0 Å². The van der Waals surface area contributed by atoms with E-state index in [0.29, 0.717) is 11.3 Å². The summed E-state index contributed by atoms with van der Waals surface area (Å²) >= 11 is 0. The van der Waals surface area contributed by atoms with E-state index in [-0.39, 0.29) is 0 Å². The number of amides is 1. The predicted molar refractivity (Wildman–Crippen MR) is 58.3 cm³/mol. The molecule has 1 rings (SSSR count). The number of carbonyl (C=O) groups excluding carboxylic acids is 1. The van der Waals surface area contributed by atoms with Crippen LogP contribution < -0.4 is 11.1 Å². The average Bonchev–Trinajstić information content (AvgIpc) is 2.24. The van der Waals surface area contributed by atoms with E-state index in [0.717, 1.165) is 0 Å². The summed E-state index contributed by atoms with van der Waals surface area (Å²) in [5.74, 6) is -1.34. The van der Waals surface area contributed by atoms with Crippen LogP contribution in [0.5, 0.6) is 0 Å². The Balaban J connectivity index is 2.64. The Morgan fingerprint density at radius 3 is 2.65 bits per heavy atom. The number of hydrogen-bond acceptors (Lipinski definition) is 2. The maximum atomic E-state index is 11.9. The van der Waals surface area contributed by atoms with Crippen molar-refractivity contribution in [3.63, 3.8) is 0 Å². The van der Waals surface area contributed by atoms with Crippen molar-refractivity contribution in [1.29, 1.82) is 0 Å². The Bertz CT molecular complexity index is 404. The minimum absolute atomic E-state index is 0.470. The number of nitrogen functional groups attached to an aromatic ring is 1. The molecule has 17 heavy (non-hydrogen) atoms. The van der Waals surface area contributed by atoms with Gasteiger partial charge in [-0.1, -0.05) is 12.1 Å². The van der Waals surface area contributed by atoms with Crippen LogP contribution >= 0.6 is 0 Å². The molecule has 0 aromatic heterocycles. The molecule has 0 radical (unpaired) electrons. The second kappa shape index (κ2) is 5.07. The zero-order chi connectivity index (χ0) is 13.1. The van der Waals surface area contributed by atoms with Gasteiger partial charge in [-0.15, -0.1) is 0 Å². The Morgan fingerprint density at radius 1 is 1.47 bits per heavy atom. The summed E-state index contributed by atoms with van der Waals surface area (Å²) in [5.41, 5.74) is 6.59. The summed E-state index contributed by atoms with van der Waals surface area (Å²) in [7, 11) is 0. The molecular formula is C11H13F3N2O. The van der Waals surface area contributed by atoms with Crippen molar-refractivity contribution in [2.45, 2.75) is 19.0 Å². The maximum Gasteiger partial charge on any atom is 0.405 e. The summed E-state index contributed by atoms with van der Waals surface area (Å²) in [6, 6.07) is 6.51. The molecule has 0 saturated heterocycles. The van der Waals surface area contributed by atoms with Crippen molar-refractivity contribution in [1.82, 2.24) is 5.32 Å². The zero-order valence-electron chi connectivity index (χ0n) is 9.21. The number of benzene rings is 1. The first-order valence-electron chi connectivity index (χ1n) is 4.99. The molecule has 0 spiro atoms. The second-order valence-corrected chi connectivity index (χ2v) is 3.72. The minimum Gasteiger partial charge on any atom is -0.399 e. The lowest BCUT2D eigenvalue weighted by atomic mass is 10.00. The monoisotopic (exact) mass is 246 g/mol. The Morgan fingerprint density at radius 2 is 2.12 bits per heavy atom. The van der Waals surface area contributed by atoms with Crippen LogP contribution in [0, 0.1) is 0 Å². The Kier molecular flexibility index (Phi) is 3.98. The van der Waals surface area contributed by atoms with Crippen molar-refractivity contribution in [2.24, 2.45) is 0 Å². The number of hydrogen-bond donors (Lipinski definition) is 2. The van der Waals surface area contributed by atoms with Crippen molar-refractivity contribution in [3.8, 4) is 0 Å². The molecule has 1 aromatic rings. The number of nitrogens with one attached hydrogen (secondary N) is 1. The zero-order valence-corrected chi connectivity index (χ0v) is 9.21. The van der Waals surface area contributed by atoms with Gasteiger partial charge in [-0.2, -0.15) is 13.2 Å². The lowest BCUT2D eigenvalue weighted by Gasteiger charge is -2.14. The Labute approximate surface area is 96.8 Å². The van der Waals surface area contributed by atoms with Crippen LogP contribution in [0.3, 0.4) is 0 Å². The molecule has 6 heteroatoms. The van der Waals surface area contributed by atoms with Gasteiger partial charge in [0.25, 0.3) is 0 Å². The molecule has 0 saturated carbocycles. The Hall–Kier alpha value is -1.72. The smallest absolute Gasteiger partial charge is 0.399 e. The van der Waals surface area contributed by atoms with E-state index in [1.807, 2.05) is 5.32 Å². The van der Waals surface area contributed by atoms with Crippen molar-refractivity contribution >= 4 is 11.6 Å². The summed E-state index contributed by atoms with van der Waals surface area (Å²) in [6.45, 7) is 0.207. The second-order valence-electron chi connectivity index (χ2n) is 3.72. The topological polar surface area (TPSA) is 55.1 Å². The number of halogens is 3. The molecule has 1 aromatic carbocycles. The third-order valence-electron chi connectivity index (χ3n) is 2.27. The SMILES string of the molecule is CC(C(=O)NCC(F)(F)F)c1cccc(N)c1. The quantitative estimate of drug-likeness (QED) is 0.802. The molecule has 94 valence electrons. The van der Waals surface area contributed by atoms with Gasteiger partial charge in [0.05, 0.1) is 5.92 Å². The number of alkyl halides is 3. The van der Waals surface area contributed by atoms with E-state index >= 15 is 0 Å². The summed E-state index contributed by atoms with van der Waals surface area (Å²) < 4.78 is 35.7. The van der Waals surface area contributed by atoms with Crippen LogP contribution in [0.25, 0.3) is 0 Å². The fourth-order valence-corrected chi connectivity index (χ4v) is 1.32. The molecule has 1 unspecified atom stereocenters. The third kappa shape index (κ3) is 4.34. The lowest BCUT2D eigenvalue weighted by Crippen LogP contribution is -2.36. The molecule has 1 atom stereocenters. The molecule has 0 aliphatic rings. The molecule has 0 aliphatic carbocycles. The van der Waals surface area contributed by atoms with Gasteiger partial charge in [0.2, 0.25) is 5.91 Å². The highest BCUT2D eigenvalue weighted by molar-refractivity contribution is 5.83. The van der Waals surface area contributed by atoms with Gasteiger partial charge in [0.15, 0.2) is 0 Å². The molecule has 3 nitrogen and oxygen atoms in total. The number of rotatable bonds is 3. The van der Waals surface area contributed by atoms with Crippen molar-refractivity contribution < 1.29 is 18.0 Å². The predicted octanol–water partition coefficient (Wildman–Crippen LogP) is 2.05. The van der Waals surface area contributed by atoms with Crippen LogP contribution in [-0.2, 0) is 4.79 Å². The largest absolute Gasteiger partial charge is 0.405 e. The first kappa shape index (κ1) is 13.3. The highest BCUT2D eigenvalue weighted by Crippen LogP contribution is 2.19. The lowest BCUT2D eigenvalue weighted by molar-refractivity contribution is -0.139. The molecule has 1 amide bonds. The van der Waals surface area contributed by atoms with Crippen molar-refractivity contribution in [2.75, 3.05) is 12.3 Å². The fourth-order valence-electron chi connectivity index (χ4n) is 1.32. The van der Waals surface area contributed by atoms with Gasteiger partial charge >= 0.3 is 6.18 Å². The van der Waals surface area contributed by atoms with Crippen LogP contribution in [0.4, 0.5) is 18.9 Å². The average molecular weight is 246 g/mol. The molecule has 0 fully saturated rings. The van der Waals surface area contributed by atoms with E-state index in [1.165, 1.54) is 6.92 Å². The number of carbonyl (C=O) groups is 1. The van der Waals surface area contributed by atoms with Crippen LogP contribution in [0.15, 0.2) is 24.3 Å². The highest BCUT2D eigenvalue weighted by Gasteiger charge is 2.28. The third-order valence-corrected chi connectivity index (χ3v) is 2.27. The first-order valence-corrected chi connectivity index (χ1v) is 4.99. The number of nitrogens with two attached hydrogens (primary N) is 1. The molecule has 0 heterocycles. The molecule has 3 N–H and O–H groups in total.